The van der Waals surface area contributed by atoms with Crippen LogP contribution in [0.2, 0.25) is 5.02 Å². The van der Waals surface area contributed by atoms with E-state index in [2.05, 4.69) is 0 Å². The molecule has 110 valence electrons. The molecule has 5 nitrogen and oxygen atoms in total. The van der Waals surface area contributed by atoms with Crippen molar-refractivity contribution in [1.82, 2.24) is 0 Å². The second kappa shape index (κ2) is 5.12. The van der Waals surface area contributed by atoms with E-state index in [-0.39, 0.29) is 13.2 Å². The van der Waals surface area contributed by atoms with Crippen LogP contribution in [-0.2, 0) is 15.7 Å². The maximum atomic E-state index is 13.1. The number of carboxylic acid groups (broad SMARTS) is 1. The van der Waals surface area contributed by atoms with Crippen LogP contribution in [0.15, 0.2) is 6.07 Å². The van der Waals surface area contributed by atoms with Gasteiger partial charge in [0.25, 0.3) is 0 Å². The lowest BCUT2D eigenvalue weighted by atomic mass is 10.0. The molecular formula is C11H9ClF3NO4. The fraction of sp³-hybridized carbons (Fsp3) is 0.364. The number of carboxylic acids is 1. The summed E-state index contributed by atoms with van der Waals surface area (Å²) in [5.74, 6) is -1.60. The van der Waals surface area contributed by atoms with Gasteiger partial charge in [0.1, 0.15) is 0 Å². The number of carbonyl (C=O) groups is 1. The molecule has 2 rings (SSSR count). The third-order valence-electron chi connectivity index (χ3n) is 2.74. The van der Waals surface area contributed by atoms with Gasteiger partial charge in [-0.3, -0.25) is 0 Å². The number of nitrogens with two attached hydrogens (primary N) is 1. The number of alkyl halides is 3. The first-order chi connectivity index (χ1) is 9.23. The summed E-state index contributed by atoms with van der Waals surface area (Å²) < 4.78 is 49.2. The number of ether oxygens (including phenoxy) is 2. The summed E-state index contributed by atoms with van der Waals surface area (Å²) in [6, 6.07) is 0.434. The highest BCUT2D eigenvalue weighted by Crippen LogP contribution is 2.44. The smallest absolute Gasteiger partial charge is 0.416 e. The largest absolute Gasteiger partial charge is 0.478 e. The van der Waals surface area contributed by atoms with Gasteiger partial charge < -0.3 is 20.3 Å². The van der Waals surface area contributed by atoms with E-state index in [1.807, 2.05) is 0 Å². The van der Waals surface area contributed by atoms with E-state index in [1.54, 1.807) is 0 Å². The fourth-order valence-electron chi connectivity index (χ4n) is 1.85. The Labute approximate surface area is 116 Å². The minimum atomic E-state index is -4.81. The topological polar surface area (TPSA) is 81.8 Å². The molecule has 1 aliphatic rings. The Kier molecular flexibility index (Phi) is 3.81. The van der Waals surface area contributed by atoms with Crippen LogP contribution >= 0.6 is 11.6 Å². The summed E-state index contributed by atoms with van der Waals surface area (Å²) in [6.07, 6.45) is -6.13. The molecule has 1 aromatic rings. The molecule has 3 N–H and O–H groups in total. The van der Waals surface area contributed by atoms with Crippen molar-refractivity contribution in [2.24, 2.45) is 0 Å². The summed E-state index contributed by atoms with van der Waals surface area (Å²) in [7, 11) is 0. The van der Waals surface area contributed by atoms with Gasteiger partial charge in [-0.25, -0.2) is 4.79 Å². The van der Waals surface area contributed by atoms with E-state index in [4.69, 9.17) is 31.9 Å². The Morgan fingerprint density at radius 3 is 2.40 bits per heavy atom. The van der Waals surface area contributed by atoms with Crippen LogP contribution in [-0.4, -0.2) is 24.3 Å². The van der Waals surface area contributed by atoms with E-state index in [1.165, 1.54) is 0 Å². The molecule has 0 spiro atoms. The first-order valence-corrected chi connectivity index (χ1v) is 5.77. The summed E-state index contributed by atoms with van der Waals surface area (Å²) >= 11 is 5.79. The first kappa shape index (κ1) is 14.9. The minimum Gasteiger partial charge on any atom is -0.478 e. The Balaban J connectivity index is 2.70. The molecule has 0 aliphatic carbocycles. The molecule has 1 aromatic carbocycles. The highest BCUT2D eigenvalue weighted by molar-refractivity contribution is 6.34. The summed E-state index contributed by atoms with van der Waals surface area (Å²) in [5, 5.41) is 8.34. The van der Waals surface area contributed by atoms with Crippen molar-refractivity contribution in [2.45, 2.75) is 12.5 Å². The quantitative estimate of drug-likeness (QED) is 0.821. The highest BCUT2D eigenvalue weighted by Gasteiger charge is 2.40. The molecule has 1 heterocycles. The number of rotatable bonds is 2. The Morgan fingerprint density at radius 1 is 1.40 bits per heavy atom. The minimum absolute atomic E-state index is 0.110. The van der Waals surface area contributed by atoms with Gasteiger partial charge in [-0.1, -0.05) is 11.6 Å². The predicted octanol–water partition coefficient (Wildman–Crippen LogP) is 2.68. The number of benzene rings is 1. The number of aromatic carboxylic acids is 1. The maximum absolute atomic E-state index is 13.1. The lowest BCUT2D eigenvalue weighted by Crippen LogP contribution is -2.17. The van der Waals surface area contributed by atoms with Crippen LogP contribution in [0.3, 0.4) is 0 Å². The van der Waals surface area contributed by atoms with Gasteiger partial charge in [0.15, 0.2) is 6.29 Å². The van der Waals surface area contributed by atoms with Crippen molar-refractivity contribution < 1.29 is 32.5 Å². The van der Waals surface area contributed by atoms with Gasteiger partial charge in [-0.15, -0.1) is 0 Å². The van der Waals surface area contributed by atoms with Gasteiger partial charge in [0, 0.05) is 5.56 Å². The molecule has 0 radical (unpaired) electrons. The van der Waals surface area contributed by atoms with E-state index in [0.29, 0.717) is 6.07 Å². The number of nitrogen functional groups attached to an aromatic ring is 1. The molecular weight excluding hydrogens is 303 g/mol. The second-order valence-corrected chi connectivity index (χ2v) is 4.37. The summed E-state index contributed by atoms with van der Waals surface area (Å²) in [5.41, 5.74) is 2.56. The molecule has 0 saturated carbocycles. The Hall–Kier alpha value is -1.51. The van der Waals surface area contributed by atoms with Crippen molar-refractivity contribution in [1.29, 1.82) is 0 Å². The van der Waals surface area contributed by atoms with E-state index in [9.17, 15) is 18.0 Å². The van der Waals surface area contributed by atoms with Crippen molar-refractivity contribution in [3.8, 4) is 0 Å². The van der Waals surface area contributed by atoms with Crippen molar-refractivity contribution >= 4 is 23.3 Å². The SMILES string of the molecule is Nc1c(C(=O)O)cc(C(F)(F)F)c(C2OCCO2)c1Cl. The zero-order valence-electron chi connectivity index (χ0n) is 9.83. The first-order valence-electron chi connectivity index (χ1n) is 5.39. The van der Waals surface area contributed by atoms with Crippen molar-refractivity contribution in [2.75, 3.05) is 18.9 Å². The monoisotopic (exact) mass is 311 g/mol. The molecule has 1 fully saturated rings. The zero-order valence-corrected chi connectivity index (χ0v) is 10.6. The Morgan fingerprint density at radius 2 is 1.95 bits per heavy atom. The van der Waals surface area contributed by atoms with Gasteiger partial charge >= 0.3 is 12.1 Å². The average molecular weight is 312 g/mol. The van der Waals surface area contributed by atoms with Gasteiger partial charge in [0.05, 0.1) is 35.1 Å². The lowest BCUT2D eigenvalue weighted by Gasteiger charge is -2.20. The van der Waals surface area contributed by atoms with Crippen LogP contribution in [0.4, 0.5) is 18.9 Å². The van der Waals surface area contributed by atoms with Crippen molar-refractivity contribution in [3.05, 3.63) is 27.8 Å². The molecule has 1 saturated heterocycles. The lowest BCUT2D eigenvalue weighted by molar-refractivity contribution is -0.142. The molecule has 20 heavy (non-hydrogen) atoms. The molecule has 0 unspecified atom stereocenters. The maximum Gasteiger partial charge on any atom is 0.416 e. The number of hydrogen-bond donors (Lipinski definition) is 2. The highest BCUT2D eigenvalue weighted by atomic mass is 35.5. The van der Waals surface area contributed by atoms with Gasteiger partial charge in [-0.2, -0.15) is 13.2 Å². The summed E-state index contributed by atoms with van der Waals surface area (Å²) in [4.78, 5) is 10.9. The van der Waals surface area contributed by atoms with E-state index < -0.39 is 45.8 Å². The number of hydrogen-bond acceptors (Lipinski definition) is 4. The molecule has 9 heteroatoms. The van der Waals surface area contributed by atoms with Crippen LogP contribution in [0, 0.1) is 0 Å². The number of anilines is 1. The number of halogens is 4. The zero-order chi connectivity index (χ0) is 15.1. The van der Waals surface area contributed by atoms with Crippen LogP contribution in [0.25, 0.3) is 0 Å². The fourth-order valence-corrected chi connectivity index (χ4v) is 2.14. The standard InChI is InChI=1S/C11H9ClF3NO4/c12-7-6(10-19-1-2-20-10)5(11(13,14)15)3-4(8(7)16)9(17)18/h3,10H,1-2,16H2,(H,17,18). The van der Waals surface area contributed by atoms with E-state index >= 15 is 0 Å². The third-order valence-corrected chi connectivity index (χ3v) is 3.14. The van der Waals surface area contributed by atoms with E-state index in [0.717, 1.165) is 0 Å². The van der Waals surface area contributed by atoms with Crippen LogP contribution in [0.5, 0.6) is 0 Å². The second-order valence-electron chi connectivity index (χ2n) is 3.99. The third kappa shape index (κ3) is 2.54. The van der Waals surface area contributed by atoms with Crippen LogP contribution < -0.4 is 5.73 Å². The van der Waals surface area contributed by atoms with Crippen LogP contribution in [0.1, 0.15) is 27.8 Å². The average Bonchev–Trinajstić information content (AvgIpc) is 2.83. The van der Waals surface area contributed by atoms with Crippen molar-refractivity contribution in [3.63, 3.8) is 0 Å². The normalized spacial score (nSPS) is 16.6. The molecule has 0 atom stereocenters. The summed E-state index contributed by atoms with van der Waals surface area (Å²) in [6.45, 7) is 0.220. The molecule has 0 amide bonds. The molecule has 0 bridgehead atoms. The molecule has 0 aromatic heterocycles. The predicted molar refractivity (Wildman–Crippen MR) is 62.5 cm³/mol. The van der Waals surface area contributed by atoms with Gasteiger partial charge in [-0.05, 0) is 6.07 Å². The van der Waals surface area contributed by atoms with Gasteiger partial charge in [0.2, 0.25) is 0 Å². The molecule has 1 aliphatic heterocycles. The Bertz CT molecular complexity index is 556.